The van der Waals surface area contributed by atoms with Crippen LogP contribution in [0.5, 0.6) is 0 Å². The second-order valence-electron chi connectivity index (χ2n) is 3.90. The van der Waals surface area contributed by atoms with Crippen molar-refractivity contribution in [2.45, 2.75) is 19.9 Å². The minimum Gasteiger partial charge on any atom is -0.320 e. The maximum atomic E-state index is 6.31. The third-order valence-electron chi connectivity index (χ3n) is 2.91. The molecule has 1 atom stereocenters. The van der Waals surface area contributed by atoms with Gasteiger partial charge < -0.3 is 5.73 Å². The van der Waals surface area contributed by atoms with E-state index in [-0.39, 0.29) is 6.04 Å². The van der Waals surface area contributed by atoms with Crippen LogP contribution < -0.4 is 5.73 Å². The van der Waals surface area contributed by atoms with Crippen molar-refractivity contribution >= 4 is 27.3 Å². The summed E-state index contributed by atoms with van der Waals surface area (Å²) in [5.74, 6) is 0. The highest BCUT2D eigenvalue weighted by Gasteiger charge is 2.15. The van der Waals surface area contributed by atoms with Gasteiger partial charge in [0, 0.05) is 9.35 Å². The summed E-state index contributed by atoms with van der Waals surface area (Å²) in [5, 5.41) is 2.06. The molecule has 0 aliphatic heterocycles. The zero-order valence-corrected chi connectivity index (χ0v) is 11.7. The summed E-state index contributed by atoms with van der Waals surface area (Å²) < 4.78 is 1.10. The molecule has 0 saturated carbocycles. The highest BCUT2D eigenvalue weighted by molar-refractivity contribution is 9.10. The second kappa shape index (κ2) is 4.70. The molecular weight excluding hydrogens is 282 g/mol. The fourth-order valence-corrected chi connectivity index (χ4v) is 3.42. The lowest BCUT2D eigenvalue weighted by molar-refractivity contribution is 0.875. The predicted octanol–water partition coefficient (Wildman–Crippen LogP) is 4.18. The van der Waals surface area contributed by atoms with Gasteiger partial charge in [-0.05, 0) is 57.9 Å². The minimum absolute atomic E-state index is 0.0331. The molecule has 0 fully saturated rings. The first-order valence-electron chi connectivity index (χ1n) is 5.16. The van der Waals surface area contributed by atoms with E-state index in [9.17, 15) is 0 Å². The number of halogens is 1. The van der Waals surface area contributed by atoms with E-state index in [0.29, 0.717) is 0 Å². The second-order valence-corrected chi connectivity index (χ2v) is 5.70. The zero-order valence-electron chi connectivity index (χ0n) is 9.33. The molecule has 16 heavy (non-hydrogen) atoms. The summed E-state index contributed by atoms with van der Waals surface area (Å²) >= 11 is 5.23. The van der Waals surface area contributed by atoms with E-state index in [1.165, 1.54) is 21.6 Å². The van der Waals surface area contributed by atoms with Crippen LogP contribution in [0.4, 0.5) is 0 Å². The van der Waals surface area contributed by atoms with Crippen molar-refractivity contribution in [3.63, 3.8) is 0 Å². The summed E-state index contributed by atoms with van der Waals surface area (Å²) in [5.41, 5.74) is 10.1. The van der Waals surface area contributed by atoms with E-state index in [1.807, 2.05) is 6.07 Å². The first-order chi connectivity index (χ1) is 7.61. The van der Waals surface area contributed by atoms with Crippen LogP contribution in [-0.4, -0.2) is 0 Å². The normalized spacial score (nSPS) is 12.8. The van der Waals surface area contributed by atoms with Crippen molar-refractivity contribution in [1.29, 1.82) is 0 Å². The van der Waals surface area contributed by atoms with E-state index >= 15 is 0 Å². The Morgan fingerprint density at radius 1 is 1.25 bits per heavy atom. The van der Waals surface area contributed by atoms with Crippen molar-refractivity contribution in [1.82, 2.24) is 0 Å². The van der Waals surface area contributed by atoms with Crippen LogP contribution >= 0.6 is 27.3 Å². The third kappa shape index (κ3) is 2.08. The fraction of sp³-hybridized carbons (Fsp3) is 0.231. The van der Waals surface area contributed by atoms with Gasteiger partial charge in [0.2, 0.25) is 0 Å². The van der Waals surface area contributed by atoms with Gasteiger partial charge in [-0.3, -0.25) is 0 Å². The molecule has 2 rings (SSSR count). The van der Waals surface area contributed by atoms with E-state index in [0.717, 1.165) is 4.47 Å². The first kappa shape index (κ1) is 11.8. The van der Waals surface area contributed by atoms with E-state index < -0.39 is 0 Å². The van der Waals surface area contributed by atoms with Crippen LogP contribution in [-0.2, 0) is 0 Å². The van der Waals surface area contributed by atoms with E-state index in [1.54, 1.807) is 11.3 Å². The molecule has 1 unspecified atom stereocenters. The average Bonchev–Trinajstić information content (AvgIpc) is 2.68. The van der Waals surface area contributed by atoms with Crippen LogP contribution in [0.1, 0.15) is 27.6 Å². The van der Waals surface area contributed by atoms with Crippen LogP contribution in [0.25, 0.3) is 0 Å². The smallest absolute Gasteiger partial charge is 0.0660 e. The van der Waals surface area contributed by atoms with Gasteiger partial charge in [-0.2, -0.15) is 0 Å². The maximum absolute atomic E-state index is 6.31. The number of thiophene rings is 1. The molecule has 2 aromatic rings. The van der Waals surface area contributed by atoms with Crippen LogP contribution in [0.3, 0.4) is 0 Å². The Hall–Kier alpha value is -0.640. The maximum Gasteiger partial charge on any atom is 0.0660 e. The van der Waals surface area contributed by atoms with Crippen LogP contribution in [0, 0.1) is 13.8 Å². The van der Waals surface area contributed by atoms with Gasteiger partial charge in [0.25, 0.3) is 0 Å². The van der Waals surface area contributed by atoms with Crippen molar-refractivity contribution in [3.05, 3.63) is 55.7 Å². The number of hydrogen-bond acceptors (Lipinski definition) is 2. The van der Waals surface area contributed by atoms with Gasteiger partial charge in [-0.25, -0.2) is 0 Å². The lowest BCUT2D eigenvalue weighted by atomic mass is 9.97. The highest BCUT2D eigenvalue weighted by atomic mass is 79.9. The summed E-state index contributed by atoms with van der Waals surface area (Å²) in [7, 11) is 0. The van der Waals surface area contributed by atoms with Crippen molar-refractivity contribution in [3.8, 4) is 0 Å². The lowest BCUT2D eigenvalue weighted by Crippen LogP contribution is -2.12. The average molecular weight is 296 g/mol. The molecule has 1 nitrogen and oxygen atoms in total. The largest absolute Gasteiger partial charge is 0.320 e. The Bertz CT molecular complexity index is 504. The number of hydrogen-bond donors (Lipinski definition) is 1. The summed E-state index contributed by atoms with van der Waals surface area (Å²) in [6.45, 7) is 4.25. The number of nitrogens with two attached hydrogens (primary N) is 1. The number of aryl methyl sites for hydroxylation is 1. The molecule has 0 bridgehead atoms. The zero-order chi connectivity index (χ0) is 11.7. The molecule has 0 spiro atoms. The molecule has 0 aliphatic rings. The van der Waals surface area contributed by atoms with Crippen molar-refractivity contribution in [2.75, 3.05) is 0 Å². The molecule has 0 amide bonds. The monoisotopic (exact) mass is 295 g/mol. The van der Waals surface area contributed by atoms with Gasteiger partial charge >= 0.3 is 0 Å². The van der Waals surface area contributed by atoms with Gasteiger partial charge in [0.1, 0.15) is 0 Å². The third-order valence-corrected chi connectivity index (χ3v) is 4.86. The molecule has 0 aliphatic carbocycles. The minimum atomic E-state index is -0.0331. The molecule has 2 N–H and O–H groups in total. The van der Waals surface area contributed by atoms with Gasteiger partial charge in [-0.15, -0.1) is 11.3 Å². The topological polar surface area (TPSA) is 26.0 Å². The quantitative estimate of drug-likeness (QED) is 0.884. The van der Waals surface area contributed by atoms with E-state index in [4.69, 9.17) is 5.73 Å². The molecule has 0 radical (unpaired) electrons. The fourth-order valence-electron chi connectivity index (χ4n) is 1.78. The molecule has 0 saturated heterocycles. The summed E-state index contributed by atoms with van der Waals surface area (Å²) in [6, 6.07) is 8.31. The highest BCUT2D eigenvalue weighted by Crippen LogP contribution is 2.33. The number of rotatable bonds is 2. The molecule has 1 aromatic heterocycles. The molecular formula is C13H14BrNS. The summed E-state index contributed by atoms with van der Waals surface area (Å²) in [6.07, 6.45) is 0. The first-order valence-corrected chi connectivity index (χ1v) is 6.83. The molecule has 1 aromatic carbocycles. The molecule has 1 heterocycles. The molecule has 3 heteroatoms. The van der Waals surface area contributed by atoms with Crippen molar-refractivity contribution in [2.24, 2.45) is 5.73 Å². The molecule has 84 valence electrons. The Labute approximate surface area is 108 Å². The lowest BCUT2D eigenvalue weighted by Gasteiger charge is -2.15. The Morgan fingerprint density at radius 2 is 2.00 bits per heavy atom. The van der Waals surface area contributed by atoms with Crippen LogP contribution in [0.15, 0.2) is 34.1 Å². The van der Waals surface area contributed by atoms with Crippen molar-refractivity contribution < 1.29 is 0 Å². The Morgan fingerprint density at radius 3 is 2.62 bits per heavy atom. The Kier molecular flexibility index (Phi) is 3.47. The standard InChI is InChI=1S/C13H14BrNS/c1-8-4-3-5-10(9(8)2)12(15)13-11(14)6-7-16-13/h3-7,12H,15H2,1-2H3. The van der Waals surface area contributed by atoms with Gasteiger partial charge in [0.05, 0.1) is 6.04 Å². The SMILES string of the molecule is Cc1cccc(C(N)c2sccc2Br)c1C. The Balaban J connectivity index is 2.46. The van der Waals surface area contributed by atoms with Gasteiger partial charge in [0.15, 0.2) is 0 Å². The van der Waals surface area contributed by atoms with E-state index in [2.05, 4.69) is 53.4 Å². The number of benzene rings is 1. The predicted molar refractivity (Wildman–Crippen MR) is 74.0 cm³/mol. The van der Waals surface area contributed by atoms with Gasteiger partial charge in [-0.1, -0.05) is 18.2 Å². The van der Waals surface area contributed by atoms with Crippen LogP contribution in [0.2, 0.25) is 0 Å². The summed E-state index contributed by atoms with van der Waals surface area (Å²) in [4.78, 5) is 1.19.